The average Bonchev–Trinajstić information content (AvgIpc) is 2.42. The van der Waals surface area contributed by atoms with Gasteiger partial charge in [-0.3, -0.25) is 4.79 Å². The number of pyridine rings is 1. The van der Waals surface area contributed by atoms with Gasteiger partial charge in [0.2, 0.25) is 0 Å². The highest BCUT2D eigenvalue weighted by Crippen LogP contribution is 2.29. The molecule has 1 aromatic heterocycles. The molecule has 0 aliphatic carbocycles. The van der Waals surface area contributed by atoms with E-state index < -0.39 is 5.91 Å². The molecule has 0 atom stereocenters. The van der Waals surface area contributed by atoms with Crippen molar-refractivity contribution in [2.75, 3.05) is 18.2 Å². The molecule has 0 saturated carbocycles. The molecule has 7 heteroatoms. The van der Waals surface area contributed by atoms with Gasteiger partial charge >= 0.3 is 0 Å². The summed E-state index contributed by atoms with van der Waals surface area (Å²) < 4.78 is 6.04. The molecule has 1 heterocycles. The van der Waals surface area contributed by atoms with Gasteiger partial charge in [-0.25, -0.2) is 4.98 Å². The highest BCUT2D eigenvalue weighted by Gasteiger charge is 2.09. The van der Waals surface area contributed by atoms with Crippen LogP contribution >= 0.6 is 15.9 Å². The number of nitrogens with one attached hydrogen (secondary N) is 1. The standard InChI is InChI=1S/C13H13BrN4O2/c1-20-11-4-7(2-3-9(11)14)18-12-5-8(13(16)19)10(15)6-17-12/h2-6H,15H2,1H3,(H2,16,19)(H,17,18). The monoisotopic (exact) mass is 336 g/mol. The minimum atomic E-state index is -0.596. The number of anilines is 3. The second-order valence-corrected chi connectivity index (χ2v) is 4.85. The molecule has 0 aliphatic heterocycles. The fourth-order valence-corrected chi connectivity index (χ4v) is 2.04. The number of carbonyl (C=O) groups is 1. The third kappa shape index (κ3) is 3.00. The number of aromatic nitrogens is 1. The van der Waals surface area contributed by atoms with Gasteiger partial charge in [0, 0.05) is 11.8 Å². The van der Waals surface area contributed by atoms with Gasteiger partial charge in [-0.2, -0.15) is 0 Å². The topological polar surface area (TPSA) is 103 Å². The molecule has 20 heavy (non-hydrogen) atoms. The van der Waals surface area contributed by atoms with Crippen LogP contribution in [0.15, 0.2) is 34.9 Å². The van der Waals surface area contributed by atoms with Crippen LogP contribution in [-0.4, -0.2) is 18.0 Å². The average molecular weight is 337 g/mol. The predicted molar refractivity (Wildman–Crippen MR) is 81.1 cm³/mol. The van der Waals surface area contributed by atoms with Gasteiger partial charge in [-0.15, -0.1) is 0 Å². The van der Waals surface area contributed by atoms with Gasteiger partial charge in [-0.05, 0) is 34.1 Å². The first-order chi connectivity index (χ1) is 9.51. The Morgan fingerprint density at radius 3 is 2.80 bits per heavy atom. The van der Waals surface area contributed by atoms with Crippen LogP contribution in [0.1, 0.15) is 10.4 Å². The summed E-state index contributed by atoms with van der Waals surface area (Å²) in [5.41, 5.74) is 12.1. The van der Waals surface area contributed by atoms with E-state index in [9.17, 15) is 4.79 Å². The highest BCUT2D eigenvalue weighted by atomic mass is 79.9. The molecule has 1 amide bonds. The molecule has 0 radical (unpaired) electrons. The van der Waals surface area contributed by atoms with E-state index >= 15 is 0 Å². The number of hydrogen-bond donors (Lipinski definition) is 3. The van der Waals surface area contributed by atoms with E-state index in [1.54, 1.807) is 13.2 Å². The lowest BCUT2D eigenvalue weighted by molar-refractivity contribution is 0.100. The van der Waals surface area contributed by atoms with Crippen molar-refractivity contribution in [3.8, 4) is 5.75 Å². The molecule has 2 rings (SSSR count). The summed E-state index contributed by atoms with van der Waals surface area (Å²) in [7, 11) is 1.58. The first-order valence-electron chi connectivity index (χ1n) is 5.67. The van der Waals surface area contributed by atoms with E-state index in [1.807, 2.05) is 12.1 Å². The number of carbonyl (C=O) groups excluding carboxylic acids is 1. The zero-order chi connectivity index (χ0) is 14.7. The smallest absolute Gasteiger partial charge is 0.250 e. The molecule has 0 bridgehead atoms. The van der Waals surface area contributed by atoms with Crippen LogP contribution in [0.4, 0.5) is 17.2 Å². The normalized spacial score (nSPS) is 10.1. The molecule has 104 valence electrons. The molecule has 0 spiro atoms. The summed E-state index contributed by atoms with van der Waals surface area (Å²) in [4.78, 5) is 15.3. The van der Waals surface area contributed by atoms with Crippen molar-refractivity contribution in [2.45, 2.75) is 0 Å². The largest absolute Gasteiger partial charge is 0.495 e. The van der Waals surface area contributed by atoms with Crippen LogP contribution in [0.3, 0.4) is 0 Å². The fourth-order valence-electron chi connectivity index (χ4n) is 1.63. The van der Waals surface area contributed by atoms with Crippen molar-refractivity contribution < 1.29 is 9.53 Å². The van der Waals surface area contributed by atoms with E-state index in [2.05, 4.69) is 26.2 Å². The molecule has 0 unspecified atom stereocenters. The van der Waals surface area contributed by atoms with Gasteiger partial charge in [-0.1, -0.05) is 0 Å². The van der Waals surface area contributed by atoms with Crippen LogP contribution < -0.4 is 21.5 Å². The fraction of sp³-hybridized carbons (Fsp3) is 0.0769. The number of hydrogen-bond acceptors (Lipinski definition) is 5. The Balaban J connectivity index is 2.30. The second-order valence-electron chi connectivity index (χ2n) is 4.00. The van der Waals surface area contributed by atoms with Gasteiger partial charge in [0.1, 0.15) is 11.6 Å². The summed E-state index contributed by atoms with van der Waals surface area (Å²) in [5, 5.41) is 3.05. The number of ether oxygens (including phenoxy) is 1. The lowest BCUT2D eigenvalue weighted by atomic mass is 10.2. The van der Waals surface area contributed by atoms with Crippen molar-refractivity contribution in [2.24, 2.45) is 5.73 Å². The van der Waals surface area contributed by atoms with E-state index in [0.29, 0.717) is 11.6 Å². The highest BCUT2D eigenvalue weighted by molar-refractivity contribution is 9.10. The number of nitrogen functional groups attached to an aromatic ring is 1. The summed E-state index contributed by atoms with van der Waals surface area (Å²) in [6, 6.07) is 6.99. The van der Waals surface area contributed by atoms with E-state index in [0.717, 1.165) is 10.2 Å². The van der Waals surface area contributed by atoms with Crippen molar-refractivity contribution in [3.05, 3.63) is 40.5 Å². The zero-order valence-electron chi connectivity index (χ0n) is 10.7. The lowest BCUT2D eigenvalue weighted by Crippen LogP contribution is -2.14. The third-order valence-corrected chi connectivity index (χ3v) is 3.28. The van der Waals surface area contributed by atoms with Crippen molar-refractivity contribution in [1.82, 2.24) is 4.98 Å². The number of methoxy groups -OCH3 is 1. The van der Waals surface area contributed by atoms with Crippen molar-refractivity contribution >= 4 is 39.0 Å². The van der Waals surface area contributed by atoms with Crippen LogP contribution in [0.5, 0.6) is 5.75 Å². The Morgan fingerprint density at radius 1 is 1.40 bits per heavy atom. The summed E-state index contributed by atoms with van der Waals surface area (Å²) in [5.74, 6) is 0.555. The third-order valence-electron chi connectivity index (χ3n) is 2.62. The Morgan fingerprint density at radius 2 is 2.15 bits per heavy atom. The number of amides is 1. The number of nitrogens with zero attached hydrogens (tertiary/aromatic N) is 1. The Hall–Kier alpha value is -2.28. The van der Waals surface area contributed by atoms with E-state index in [4.69, 9.17) is 16.2 Å². The van der Waals surface area contributed by atoms with Crippen LogP contribution in [-0.2, 0) is 0 Å². The Labute approximate surface area is 124 Å². The number of benzene rings is 1. The minimum Gasteiger partial charge on any atom is -0.495 e. The van der Waals surface area contributed by atoms with Gasteiger partial charge in [0.05, 0.1) is 29.0 Å². The first kappa shape index (κ1) is 14.1. The summed E-state index contributed by atoms with van der Waals surface area (Å²) in [6.07, 6.45) is 1.39. The van der Waals surface area contributed by atoms with Crippen LogP contribution in [0.2, 0.25) is 0 Å². The van der Waals surface area contributed by atoms with Gasteiger partial charge in [0.25, 0.3) is 5.91 Å². The van der Waals surface area contributed by atoms with Gasteiger partial charge in [0.15, 0.2) is 0 Å². The molecular weight excluding hydrogens is 324 g/mol. The molecule has 0 aliphatic rings. The molecule has 5 N–H and O–H groups in total. The molecule has 1 aromatic carbocycles. The van der Waals surface area contributed by atoms with E-state index in [1.165, 1.54) is 12.3 Å². The quantitative estimate of drug-likeness (QED) is 0.794. The van der Waals surface area contributed by atoms with Crippen molar-refractivity contribution in [3.63, 3.8) is 0 Å². The summed E-state index contributed by atoms with van der Waals surface area (Å²) >= 11 is 3.37. The van der Waals surface area contributed by atoms with E-state index in [-0.39, 0.29) is 11.3 Å². The molecule has 0 saturated heterocycles. The molecule has 0 fully saturated rings. The number of rotatable bonds is 4. The molecule has 6 nitrogen and oxygen atoms in total. The van der Waals surface area contributed by atoms with Crippen LogP contribution in [0.25, 0.3) is 0 Å². The zero-order valence-corrected chi connectivity index (χ0v) is 12.3. The lowest BCUT2D eigenvalue weighted by Gasteiger charge is -2.10. The van der Waals surface area contributed by atoms with Crippen LogP contribution in [0, 0.1) is 0 Å². The summed E-state index contributed by atoms with van der Waals surface area (Å²) in [6.45, 7) is 0. The molecule has 2 aromatic rings. The maximum atomic E-state index is 11.2. The first-order valence-corrected chi connectivity index (χ1v) is 6.46. The Kier molecular flexibility index (Phi) is 4.09. The maximum Gasteiger partial charge on any atom is 0.250 e. The molecular formula is C13H13BrN4O2. The number of halogens is 1. The number of primary amides is 1. The minimum absolute atomic E-state index is 0.228. The Bertz CT molecular complexity index is 661. The number of nitrogens with two attached hydrogens (primary N) is 2. The predicted octanol–water partition coefficient (Wildman–Crippen LogP) is 2.28. The SMILES string of the molecule is COc1cc(Nc2cc(C(N)=O)c(N)cn2)ccc1Br. The maximum absolute atomic E-state index is 11.2. The second kappa shape index (κ2) is 5.79. The van der Waals surface area contributed by atoms with Gasteiger partial charge < -0.3 is 21.5 Å². The van der Waals surface area contributed by atoms with Crippen molar-refractivity contribution in [1.29, 1.82) is 0 Å².